The lowest BCUT2D eigenvalue weighted by Gasteiger charge is -2.20. The lowest BCUT2D eigenvalue weighted by molar-refractivity contribution is -0.132. The van der Waals surface area contributed by atoms with E-state index in [0.29, 0.717) is 6.42 Å². The Hall–Kier alpha value is -0.860. The van der Waals surface area contributed by atoms with Crippen LogP contribution < -0.4 is 0 Å². The first-order valence-corrected chi connectivity index (χ1v) is 5.06. The van der Waals surface area contributed by atoms with Gasteiger partial charge in [-0.05, 0) is 33.1 Å². The van der Waals surface area contributed by atoms with Gasteiger partial charge >= 0.3 is 0 Å². The number of carbonyl (C=O) groups excluding carboxylic acids is 1. The highest BCUT2D eigenvalue weighted by molar-refractivity contribution is 5.77. The van der Waals surface area contributed by atoms with Crippen LogP contribution in [0.3, 0.4) is 0 Å². The summed E-state index contributed by atoms with van der Waals surface area (Å²) in [5.41, 5.74) is 0. The minimum atomic E-state index is 0.160. The molecule has 3 heteroatoms. The van der Waals surface area contributed by atoms with Crippen molar-refractivity contribution in [3.8, 4) is 0 Å². The van der Waals surface area contributed by atoms with Gasteiger partial charge in [-0.2, -0.15) is 5.10 Å². The Morgan fingerprint density at radius 1 is 1.38 bits per heavy atom. The molecule has 0 aromatic carbocycles. The molecule has 13 heavy (non-hydrogen) atoms. The minimum Gasteiger partial charge on any atom is -0.273 e. The van der Waals surface area contributed by atoms with Crippen LogP contribution in [0, 0.1) is 0 Å². The van der Waals surface area contributed by atoms with Crippen LogP contribution in [-0.4, -0.2) is 23.2 Å². The minimum absolute atomic E-state index is 0.160. The van der Waals surface area contributed by atoms with Crippen LogP contribution in [0.25, 0.3) is 0 Å². The maximum Gasteiger partial charge on any atom is 0.242 e. The lowest BCUT2D eigenvalue weighted by Crippen LogP contribution is -2.31. The SMILES string of the molecule is CC(C)N1/N=C\CCCCCC1=O. The second kappa shape index (κ2) is 5.00. The number of nitrogens with zero attached hydrogens (tertiary/aromatic N) is 2. The van der Waals surface area contributed by atoms with E-state index in [-0.39, 0.29) is 11.9 Å². The van der Waals surface area contributed by atoms with Crippen molar-refractivity contribution in [1.82, 2.24) is 5.01 Å². The molecule has 0 saturated carbocycles. The molecular formula is C10H18N2O. The summed E-state index contributed by atoms with van der Waals surface area (Å²) < 4.78 is 0. The smallest absolute Gasteiger partial charge is 0.242 e. The highest BCUT2D eigenvalue weighted by atomic mass is 16.2. The Balaban J connectivity index is 2.63. The van der Waals surface area contributed by atoms with Crippen LogP contribution in [0.5, 0.6) is 0 Å². The van der Waals surface area contributed by atoms with Crippen LogP contribution >= 0.6 is 0 Å². The predicted octanol–water partition coefficient (Wildman–Crippen LogP) is 2.17. The molecule has 1 aliphatic heterocycles. The average molecular weight is 182 g/mol. The summed E-state index contributed by atoms with van der Waals surface area (Å²) >= 11 is 0. The van der Waals surface area contributed by atoms with Crippen molar-refractivity contribution in [3.05, 3.63) is 0 Å². The van der Waals surface area contributed by atoms with Gasteiger partial charge in [-0.15, -0.1) is 0 Å². The monoisotopic (exact) mass is 182 g/mol. The van der Waals surface area contributed by atoms with E-state index in [0.717, 1.165) is 25.7 Å². The van der Waals surface area contributed by atoms with E-state index in [1.165, 1.54) is 0 Å². The quantitative estimate of drug-likeness (QED) is 0.611. The molecule has 0 N–H and O–H groups in total. The molecule has 0 bridgehead atoms. The third-order valence-electron chi connectivity index (χ3n) is 2.17. The second-order valence-electron chi connectivity index (χ2n) is 3.73. The number of hydrogen-bond donors (Lipinski definition) is 0. The van der Waals surface area contributed by atoms with Gasteiger partial charge in [0.25, 0.3) is 0 Å². The molecule has 1 aliphatic rings. The predicted molar refractivity (Wildman–Crippen MR) is 53.6 cm³/mol. The topological polar surface area (TPSA) is 32.7 Å². The zero-order valence-corrected chi connectivity index (χ0v) is 8.49. The van der Waals surface area contributed by atoms with E-state index in [4.69, 9.17) is 0 Å². The van der Waals surface area contributed by atoms with Gasteiger partial charge in [0, 0.05) is 18.7 Å². The average Bonchev–Trinajstić information content (AvgIpc) is 2.16. The Bertz CT molecular complexity index is 199. The van der Waals surface area contributed by atoms with E-state index >= 15 is 0 Å². The molecule has 0 atom stereocenters. The van der Waals surface area contributed by atoms with Gasteiger partial charge in [-0.25, -0.2) is 5.01 Å². The van der Waals surface area contributed by atoms with Gasteiger partial charge in [0.15, 0.2) is 0 Å². The van der Waals surface area contributed by atoms with Crippen molar-refractivity contribution in [1.29, 1.82) is 0 Å². The van der Waals surface area contributed by atoms with Crippen LogP contribution in [0.2, 0.25) is 0 Å². The van der Waals surface area contributed by atoms with Crippen molar-refractivity contribution in [2.75, 3.05) is 0 Å². The zero-order valence-electron chi connectivity index (χ0n) is 8.49. The fourth-order valence-electron chi connectivity index (χ4n) is 1.43. The number of hydrogen-bond acceptors (Lipinski definition) is 2. The summed E-state index contributed by atoms with van der Waals surface area (Å²) in [6, 6.07) is 0.182. The van der Waals surface area contributed by atoms with Gasteiger partial charge in [-0.3, -0.25) is 4.79 Å². The summed E-state index contributed by atoms with van der Waals surface area (Å²) in [4.78, 5) is 11.6. The fourth-order valence-corrected chi connectivity index (χ4v) is 1.43. The van der Waals surface area contributed by atoms with Gasteiger partial charge in [0.1, 0.15) is 0 Å². The molecule has 0 spiro atoms. The van der Waals surface area contributed by atoms with E-state index in [2.05, 4.69) is 5.10 Å². The third-order valence-corrected chi connectivity index (χ3v) is 2.17. The standard InChI is InChI=1S/C10H18N2O/c1-9(2)12-10(13)7-5-3-4-6-8-11-12/h8-9H,3-7H2,1-2H3/b11-8-. The second-order valence-corrected chi connectivity index (χ2v) is 3.73. The number of amides is 1. The Morgan fingerprint density at radius 2 is 2.15 bits per heavy atom. The molecule has 1 rings (SSSR count). The largest absolute Gasteiger partial charge is 0.273 e. The van der Waals surface area contributed by atoms with Crippen molar-refractivity contribution in [3.63, 3.8) is 0 Å². The first-order chi connectivity index (χ1) is 6.22. The van der Waals surface area contributed by atoms with E-state index in [9.17, 15) is 4.79 Å². The molecule has 0 unspecified atom stereocenters. The number of hydrazone groups is 1. The van der Waals surface area contributed by atoms with Crippen LogP contribution in [0.15, 0.2) is 5.10 Å². The van der Waals surface area contributed by atoms with E-state index < -0.39 is 0 Å². The van der Waals surface area contributed by atoms with Crippen molar-refractivity contribution in [2.24, 2.45) is 5.10 Å². The third kappa shape index (κ3) is 3.17. The maximum absolute atomic E-state index is 11.6. The normalized spacial score (nSPS) is 22.4. The summed E-state index contributed by atoms with van der Waals surface area (Å²) in [6.45, 7) is 3.99. The van der Waals surface area contributed by atoms with Crippen molar-refractivity contribution >= 4 is 12.1 Å². The summed E-state index contributed by atoms with van der Waals surface area (Å²) in [5, 5.41) is 5.78. The number of rotatable bonds is 1. The molecule has 0 fully saturated rings. The van der Waals surface area contributed by atoms with E-state index in [1.807, 2.05) is 20.1 Å². The van der Waals surface area contributed by atoms with Gasteiger partial charge in [0.05, 0.1) is 0 Å². The van der Waals surface area contributed by atoms with Gasteiger partial charge < -0.3 is 0 Å². The van der Waals surface area contributed by atoms with Crippen LogP contribution in [-0.2, 0) is 4.79 Å². The summed E-state index contributed by atoms with van der Waals surface area (Å²) in [5.74, 6) is 0.160. The first kappa shape index (κ1) is 10.2. The highest BCUT2D eigenvalue weighted by Crippen LogP contribution is 2.10. The molecule has 0 aliphatic carbocycles. The number of carbonyl (C=O) groups is 1. The fraction of sp³-hybridized carbons (Fsp3) is 0.800. The molecule has 1 amide bonds. The molecule has 0 aromatic rings. The van der Waals surface area contributed by atoms with Gasteiger partial charge in [0.2, 0.25) is 5.91 Å². The Kier molecular flexibility index (Phi) is 3.93. The molecule has 0 radical (unpaired) electrons. The molecule has 0 aromatic heterocycles. The molecule has 1 heterocycles. The van der Waals surface area contributed by atoms with Crippen molar-refractivity contribution < 1.29 is 4.79 Å². The first-order valence-electron chi connectivity index (χ1n) is 5.06. The summed E-state index contributed by atoms with van der Waals surface area (Å²) in [6.07, 6.45) is 6.81. The van der Waals surface area contributed by atoms with E-state index in [1.54, 1.807) is 5.01 Å². The van der Waals surface area contributed by atoms with Crippen molar-refractivity contribution in [2.45, 2.75) is 52.0 Å². The van der Waals surface area contributed by atoms with Crippen LogP contribution in [0.1, 0.15) is 46.0 Å². The van der Waals surface area contributed by atoms with Crippen LogP contribution in [0.4, 0.5) is 0 Å². The highest BCUT2D eigenvalue weighted by Gasteiger charge is 2.15. The maximum atomic E-state index is 11.6. The lowest BCUT2D eigenvalue weighted by atomic mass is 10.1. The molecular weight excluding hydrogens is 164 g/mol. The molecule has 74 valence electrons. The van der Waals surface area contributed by atoms with Gasteiger partial charge in [-0.1, -0.05) is 6.42 Å². The Labute approximate surface area is 79.8 Å². The zero-order chi connectivity index (χ0) is 9.68. The molecule has 3 nitrogen and oxygen atoms in total. The molecule has 0 saturated heterocycles. The summed E-state index contributed by atoms with van der Waals surface area (Å²) in [7, 11) is 0. The Morgan fingerprint density at radius 3 is 2.85 bits per heavy atom.